The standard InChI is InChI=1S/C16H23N3O/c1-4-15-11(2)18-19(12(15)3)10-16(20)14-7-5-13(9-17)6-8-14/h5-8,16,20H,4,9-10,17H2,1-3H3. The Balaban J connectivity index is 2.16. The molecule has 3 N–H and O–H groups in total. The fourth-order valence-electron chi connectivity index (χ4n) is 2.57. The van der Waals surface area contributed by atoms with E-state index in [-0.39, 0.29) is 0 Å². The number of aryl methyl sites for hydroxylation is 1. The summed E-state index contributed by atoms with van der Waals surface area (Å²) in [4.78, 5) is 0. The fourth-order valence-corrected chi connectivity index (χ4v) is 2.57. The van der Waals surface area contributed by atoms with E-state index in [1.54, 1.807) is 0 Å². The normalized spacial score (nSPS) is 12.7. The summed E-state index contributed by atoms with van der Waals surface area (Å²) in [5.41, 5.74) is 11.0. The SMILES string of the molecule is CCc1c(C)nn(CC(O)c2ccc(CN)cc2)c1C. The molecule has 0 amide bonds. The number of aliphatic hydroxyl groups excluding tert-OH is 1. The van der Waals surface area contributed by atoms with Gasteiger partial charge in [-0.3, -0.25) is 4.68 Å². The molecule has 20 heavy (non-hydrogen) atoms. The number of nitrogens with zero attached hydrogens (tertiary/aromatic N) is 2. The van der Waals surface area contributed by atoms with Gasteiger partial charge in [0.2, 0.25) is 0 Å². The zero-order valence-electron chi connectivity index (χ0n) is 12.4. The van der Waals surface area contributed by atoms with Gasteiger partial charge in [-0.2, -0.15) is 5.10 Å². The van der Waals surface area contributed by atoms with Crippen molar-refractivity contribution in [2.24, 2.45) is 5.73 Å². The van der Waals surface area contributed by atoms with Crippen molar-refractivity contribution in [1.29, 1.82) is 0 Å². The van der Waals surface area contributed by atoms with E-state index in [9.17, 15) is 5.11 Å². The molecule has 4 nitrogen and oxygen atoms in total. The van der Waals surface area contributed by atoms with Crippen molar-refractivity contribution in [2.75, 3.05) is 0 Å². The van der Waals surface area contributed by atoms with Crippen LogP contribution in [0.2, 0.25) is 0 Å². The Morgan fingerprint density at radius 2 is 1.90 bits per heavy atom. The summed E-state index contributed by atoms with van der Waals surface area (Å²) in [6, 6.07) is 7.77. The van der Waals surface area contributed by atoms with Gasteiger partial charge in [-0.1, -0.05) is 31.2 Å². The molecule has 0 saturated heterocycles. The van der Waals surface area contributed by atoms with E-state index >= 15 is 0 Å². The predicted octanol–water partition coefficient (Wildman–Crippen LogP) is 2.25. The van der Waals surface area contributed by atoms with Crippen molar-refractivity contribution >= 4 is 0 Å². The summed E-state index contributed by atoms with van der Waals surface area (Å²) in [5.74, 6) is 0. The molecule has 1 unspecified atom stereocenters. The maximum Gasteiger partial charge on any atom is 0.0985 e. The minimum atomic E-state index is -0.551. The van der Waals surface area contributed by atoms with Crippen LogP contribution in [0.1, 0.15) is 41.1 Å². The number of benzene rings is 1. The van der Waals surface area contributed by atoms with E-state index in [4.69, 9.17) is 5.73 Å². The molecule has 0 aliphatic heterocycles. The van der Waals surface area contributed by atoms with Crippen LogP contribution in [0.25, 0.3) is 0 Å². The molecule has 2 rings (SSSR count). The van der Waals surface area contributed by atoms with Gasteiger partial charge >= 0.3 is 0 Å². The zero-order chi connectivity index (χ0) is 14.7. The van der Waals surface area contributed by atoms with E-state index in [0.717, 1.165) is 28.9 Å². The lowest BCUT2D eigenvalue weighted by molar-refractivity contribution is 0.150. The Hall–Kier alpha value is -1.65. The Morgan fingerprint density at radius 1 is 1.25 bits per heavy atom. The molecule has 0 saturated carbocycles. The summed E-state index contributed by atoms with van der Waals surface area (Å²) in [5, 5.41) is 14.9. The van der Waals surface area contributed by atoms with E-state index in [0.29, 0.717) is 13.1 Å². The molecule has 0 bridgehead atoms. The van der Waals surface area contributed by atoms with Crippen molar-refractivity contribution in [3.05, 3.63) is 52.3 Å². The Morgan fingerprint density at radius 3 is 2.40 bits per heavy atom. The lowest BCUT2D eigenvalue weighted by Gasteiger charge is -2.13. The van der Waals surface area contributed by atoms with Gasteiger partial charge in [0.25, 0.3) is 0 Å². The number of aromatic nitrogens is 2. The van der Waals surface area contributed by atoms with Gasteiger partial charge in [-0.05, 0) is 37.0 Å². The number of hydrogen-bond donors (Lipinski definition) is 2. The lowest BCUT2D eigenvalue weighted by Crippen LogP contribution is -2.12. The van der Waals surface area contributed by atoms with Crippen molar-refractivity contribution < 1.29 is 5.11 Å². The first-order chi connectivity index (χ1) is 9.56. The third-order valence-corrected chi connectivity index (χ3v) is 3.83. The molecule has 1 atom stereocenters. The largest absolute Gasteiger partial charge is 0.386 e. The van der Waals surface area contributed by atoms with Gasteiger partial charge in [-0.25, -0.2) is 0 Å². The van der Waals surface area contributed by atoms with Gasteiger partial charge in [0.1, 0.15) is 0 Å². The molecule has 1 heterocycles. The molecular formula is C16H23N3O. The molecular weight excluding hydrogens is 250 g/mol. The minimum absolute atomic E-state index is 0.481. The monoisotopic (exact) mass is 273 g/mol. The first-order valence-corrected chi connectivity index (χ1v) is 7.06. The van der Waals surface area contributed by atoms with Crippen LogP contribution in [0.3, 0.4) is 0 Å². The average molecular weight is 273 g/mol. The third-order valence-electron chi connectivity index (χ3n) is 3.83. The lowest BCUT2D eigenvalue weighted by atomic mass is 10.1. The maximum atomic E-state index is 10.3. The summed E-state index contributed by atoms with van der Waals surface area (Å²) in [6.45, 7) is 7.21. The number of rotatable bonds is 5. The predicted molar refractivity (Wildman–Crippen MR) is 80.4 cm³/mol. The summed E-state index contributed by atoms with van der Waals surface area (Å²) in [7, 11) is 0. The Labute approximate surface area is 120 Å². The van der Waals surface area contributed by atoms with Crippen LogP contribution in [0.4, 0.5) is 0 Å². The molecule has 0 fully saturated rings. The molecule has 2 aromatic rings. The van der Waals surface area contributed by atoms with Crippen LogP contribution in [-0.2, 0) is 19.5 Å². The van der Waals surface area contributed by atoms with Crippen molar-refractivity contribution in [2.45, 2.75) is 46.4 Å². The van der Waals surface area contributed by atoms with Crippen molar-refractivity contribution in [3.63, 3.8) is 0 Å². The topological polar surface area (TPSA) is 64.1 Å². The zero-order valence-corrected chi connectivity index (χ0v) is 12.4. The fraction of sp³-hybridized carbons (Fsp3) is 0.438. The molecule has 0 radical (unpaired) electrons. The van der Waals surface area contributed by atoms with E-state index in [1.807, 2.05) is 35.9 Å². The van der Waals surface area contributed by atoms with Crippen LogP contribution < -0.4 is 5.73 Å². The first kappa shape index (κ1) is 14.8. The minimum Gasteiger partial charge on any atom is -0.386 e. The molecule has 1 aromatic carbocycles. The van der Waals surface area contributed by atoms with Crippen molar-refractivity contribution in [3.8, 4) is 0 Å². The second kappa shape index (κ2) is 6.20. The second-order valence-electron chi connectivity index (χ2n) is 5.15. The molecule has 0 aliphatic carbocycles. The maximum absolute atomic E-state index is 10.3. The number of hydrogen-bond acceptors (Lipinski definition) is 3. The van der Waals surface area contributed by atoms with E-state index in [2.05, 4.69) is 18.9 Å². The van der Waals surface area contributed by atoms with Gasteiger partial charge in [0, 0.05) is 12.2 Å². The second-order valence-corrected chi connectivity index (χ2v) is 5.15. The Kier molecular flexibility index (Phi) is 4.57. The highest BCUT2D eigenvalue weighted by atomic mass is 16.3. The highest BCUT2D eigenvalue weighted by molar-refractivity contribution is 5.26. The summed E-state index contributed by atoms with van der Waals surface area (Å²) < 4.78 is 1.90. The molecule has 1 aromatic heterocycles. The average Bonchev–Trinajstić information content (AvgIpc) is 2.73. The smallest absolute Gasteiger partial charge is 0.0985 e. The first-order valence-electron chi connectivity index (χ1n) is 7.06. The van der Waals surface area contributed by atoms with Crippen LogP contribution >= 0.6 is 0 Å². The molecule has 0 spiro atoms. The number of nitrogens with two attached hydrogens (primary N) is 1. The van der Waals surface area contributed by atoms with Gasteiger partial charge in [0.15, 0.2) is 0 Å². The summed E-state index contributed by atoms with van der Waals surface area (Å²) >= 11 is 0. The van der Waals surface area contributed by atoms with Gasteiger partial charge in [0.05, 0.1) is 18.3 Å². The van der Waals surface area contributed by atoms with Gasteiger partial charge < -0.3 is 10.8 Å². The Bertz CT molecular complexity index is 572. The highest BCUT2D eigenvalue weighted by Gasteiger charge is 2.14. The third kappa shape index (κ3) is 2.92. The van der Waals surface area contributed by atoms with Gasteiger partial charge in [-0.15, -0.1) is 0 Å². The van der Waals surface area contributed by atoms with Crippen LogP contribution in [0.15, 0.2) is 24.3 Å². The highest BCUT2D eigenvalue weighted by Crippen LogP contribution is 2.19. The van der Waals surface area contributed by atoms with E-state index in [1.165, 1.54) is 5.56 Å². The summed E-state index contributed by atoms with van der Waals surface area (Å²) in [6.07, 6.45) is 0.420. The van der Waals surface area contributed by atoms with Crippen molar-refractivity contribution in [1.82, 2.24) is 9.78 Å². The molecule has 0 aliphatic rings. The molecule has 4 heteroatoms. The van der Waals surface area contributed by atoms with Crippen LogP contribution in [0.5, 0.6) is 0 Å². The van der Waals surface area contributed by atoms with E-state index < -0.39 is 6.10 Å². The van der Waals surface area contributed by atoms with Crippen LogP contribution in [-0.4, -0.2) is 14.9 Å². The number of aliphatic hydroxyl groups is 1. The quantitative estimate of drug-likeness (QED) is 0.878. The van der Waals surface area contributed by atoms with Crippen LogP contribution in [0, 0.1) is 13.8 Å². The molecule has 108 valence electrons.